The monoisotopic (exact) mass is 480 g/mol. The van der Waals surface area contributed by atoms with Crippen molar-refractivity contribution in [3.63, 3.8) is 0 Å². The minimum absolute atomic E-state index is 0.279. The normalized spacial score (nSPS) is 21.2. The Morgan fingerprint density at radius 1 is 0.722 bits per heavy atom. The van der Waals surface area contributed by atoms with Crippen molar-refractivity contribution in [3.8, 4) is 11.5 Å². The molecule has 2 saturated heterocycles. The second-order valence-electron chi connectivity index (χ2n) is 8.80. The van der Waals surface area contributed by atoms with Crippen molar-refractivity contribution in [1.29, 1.82) is 0 Å². The van der Waals surface area contributed by atoms with Crippen LogP contribution in [0.3, 0.4) is 0 Å². The third-order valence-corrected chi connectivity index (χ3v) is 6.91. The number of amides is 2. The average molecular weight is 481 g/mol. The number of hydrogen-bond donors (Lipinski definition) is 0. The number of anilines is 2. The van der Waals surface area contributed by atoms with Gasteiger partial charge in [0.15, 0.2) is 6.10 Å². The average Bonchev–Trinajstić information content (AvgIpc) is 3.44. The van der Waals surface area contributed by atoms with E-state index in [1.165, 1.54) is 4.90 Å². The van der Waals surface area contributed by atoms with E-state index in [9.17, 15) is 9.59 Å². The fourth-order valence-corrected chi connectivity index (χ4v) is 5.15. The first kappa shape index (κ1) is 22.1. The van der Waals surface area contributed by atoms with Gasteiger partial charge in [-0.25, -0.2) is 9.96 Å². The number of fused-ring (bicyclic) bond motifs is 2. The lowest BCUT2D eigenvalue weighted by atomic mass is 9.90. The molecular formula is C29H24N2O5. The smallest absolute Gasteiger partial charge is 0.266 e. The van der Waals surface area contributed by atoms with Gasteiger partial charge in [0.1, 0.15) is 17.4 Å². The van der Waals surface area contributed by atoms with Gasteiger partial charge in [0.05, 0.1) is 31.6 Å². The zero-order valence-electron chi connectivity index (χ0n) is 19.8. The van der Waals surface area contributed by atoms with Crippen molar-refractivity contribution in [2.75, 3.05) is 24.2 Å². The van der Waals surface area contributed by atoms with Crippen molar-refractivity contribution < 1.29 is 23.9 Å². The van der Waals surface area contributed by atoms with Gasteiger partial charge in [0.25, 0.3) is 5.91 Å². The molecule has 0 aliphatic carbocycles. The number of rotatable bonds is 5. The topological polar surface area (TPSA) is 68.3 Å². The Kier molecular flexibility index (Phi) is 5.34. The van der Waals surface area contributed by atoms with Gasteiger partial charge in [-0.1, -0.05) is 48.5 Å². The molecule has 0 radical (unpaired) electrons. The molecule has 0 N–H and O–H groups in total. The Hall–Kier alpha value is -4.36. The summed E-state index contributed by atoms with van der Waals surface area (Å²) in [6, 6.07) is 27.7. The van der Waals surface area contributed by atoms with Crippen LogP contribution >= 0.6 is 0 Å². The number of benzene rings is 4. The van der Waals surface area contributed by atoms with E-state index in [4.69, 9.17) is 14.3 Å². The highest BCUT2D eigenvalue weighted by molar-refractivity contribution is 6.26. The van der Waals surface area contributed by atoms with E-state index in [-0.39, 0.29) is 11.8 Å². The van der Waals surface area contributed by atoms with Gasteiger partial charge in [-0.2, -0.15) is 0 Å². The maximum Gasteiger partial charge on any atom is 0.266 e. The highest BCUT2D eigenvalue weighted by Gasteiger charge is 2.60. The molecular weight excluding hydrogens is 456 g/mol. The fraction of sp³-hybridized carbons (Fsp3) is 0.172. The van der Waals surface area contributed by atoms with Gasteiger partial charge in [0, 0.05) is 5.39 Å². The number of ether oxygens (including phenoxy) is 2. The Bertz CT molecular complexity index is 1450. The number of hydroxylamine groups is 1. The number of carbonyl (C=O) groups excluding carboxylic acids is 2. The van der Waals surface area contributed by atoms with Crippen LogP contribution in [0.5, 0.6) is 11.5 Å². The molecule has 4 aromatic rings. The van der Waals surface area contributed by atoms with Gasteiger partial charge < -0.3 is 9.47 Å². The van der Waals surface area contributed by atoms with Crippen LogP contribution in [-0.4, -0.2) is 32.1 Å². The molecule has 0 saturated carbocycles. The highest BCUT2D eigenvalue weighted by atomic mass is 16.7. The molecule has 6 rings (SSSR count). The molecule has 2 aliphatic heterocycles. The van der Waals surface area contributed by atoms with Crippen molar-refractivity contribution in [2.24, 2.45) is 5.92 Å². The predicted octanol–water partition coefficient (Wildman–Crippen LogP) is 4.91. The van der Waals surface area contributed by atoms with Crippen LogP contribution in [0, 0.1) is 5.92 Å². The van der Waals surface area contributed by atoms with E-state index in [0.717, 1.165) is 22.0 Å². The Labute approximate surface area is 208 Å². The van der Waals surface area contributed by atoms with E-state index in [1.54, 1.807) is 19.3 Å². The lowest BCUT2D eigenvalue weighted by Gasteiger charge is -2.29. The quantitative estimate of drug-likeness (QED) is 0.378. The number of methoxy groups -OCH3 is 2. The van der Waals surface area contributed by atoms with Crippen molar-refractivity contribution >= 4 is 34.0 Å². The molecule has 0 aromatic heterocycles. The lowest BCUT2D eigenvalue weighted by Crippen LogP contribution is -2.37. The summed E-state index contributed by atoms with van der Waals surface area (Å²) in [5.41, 5.74) is 2.15. The first-order valence-electron chi connectivity index (χ1n) is 11.7. The fourth-order valence-electron chi connectivity index (χ4n) is 5.15. The van der Waals surface area contributed by atoms with Gasteiger partial charge in [0.2, 0.25) is 5.91 Å². The molecule has 2 fully saturated rings. The summed E-state index contributed by atoms with van der Waals surface area (Å²) in [6.07, 6.45) is -0.939. The third-order valence-electron chi connectivity index (χ3n) is 6.91. The first-order chi connectivity index (χ1) is 17.6. The molecule has 3 atom stereocenters. The largest absolute Gasteiger partial charge is 0.497 e. The van der Waals surface area contributed by atoms with Gasteiger partial charge in [-0.15, -0.1) is 0 Å². The van der Waals surface area contributed by atoms with Crippen molar-refractivity contribution in [1.82, 2.24) is 0 Å². The maximum atomic E-state index is 14.0. The van der Waals surface area contributed by atoms with E-state index in [2.05, 4.69) is 0 Å². The molecule has 2 amide bonds. The zero-order valence-corrected chi connectivity index (χ0v) is 19.8. The molecule has 0 spiro atoms. The van der Waals surface area contributed by atoms with Crippen LogP contribution in [0.25, 0.3) is 10.8 Å². The number of hydrogen-bond acceptors (Lipinski definition) is 6. The molecule has 0 unspecified atom stereocenters. The maximum absolute atomic E-state index is 14.0. The summed E-state index contributed by atoms with van der Waals surface area (Å²) < 4.78 is 10.6. The van der Waals surface area contributed by atoms with Crippen LogP contribution in [0.4, 0.5) is 11.4 Å². The summed E-state index contributed by atoms with van der Waals surface area (Å²) in [5, 5.41) is 3.47. The van der Waals surface area contributed by atoms with E-state index >= 15 is 0 Å². The van der Waals surface area contributed by atoms with Crippen LogP contribution in [0.2, 0.25) is 0 Å². The van der Waals surface area contributed by atoms with Crippen LogP contribution < -0.4 is 19.4 Å². The lowest BCUT2D eigenvalue weighted by molar-refractivity contribution is -0.126. The Morgan fingerprint density at radius 2 is 1.36 bits per heavy atom. The molecule has 36 heavy (non-hydrogen) atoms. The van der Waals surface area contributed by atoms with E-state index < -0.39 is 18.1 Å². The van der Waals surface area contributed by atoms with Gasteiger partial charge in [-0.3, -0.25) is 14.4 Å². The van der Waals surface area contributed by atoms with Gasteiger partial charge >= 0.3 is 0 Å². The Morgan fingerprint density at radius 3 is 2.06 bits per heavy atom. The second kappa shape index (κ2) is 8.70. The predicted molar refractivity (Wildman–Crippen MR) is 136 cm³/mol. The minimum atomic E-state index is -0.939. The summed E-state index contributed by atoms with van der Waals surface area (Å²) in [4.78, 5) is 35.2. The summed E-state index contributed by atoms with van der Waals surface area (Å²) >= 11 is 0. The van der Waals surface area contributed by atoms with Crippen LogP contribution in [-0.2, 0) is 14.4 Å². The van der Waals surface area contributed by atoms with E-state index in [0.29, 0.717) is 17.2 Å². The van der Waals surface area contributed by atoms with Crippen molar-refractivity contribution in [3.05, 3.63) is 96.6 Å². The third kappa shape index (κ3) is 3.39. The number of carbonyl (C=O) groups is 2. The van der Waals surface area contributed by atoms with Crippen LogP contribution in [0.15, 0.2) is 91.0 Å². The Balaban J connectivity index is 1.44. The summed E-state index contributed by atoms with van der Waals surface area (Å²) in [6.45, 7) is 0. The van der Waals surface area contributed by atoms with E-state index in [1.807, 2.05) is 91.0 Å². The molecule has 4 aromatic carbocycles. The summed E-state index contributed by atoms with van der Waals surface area (Å²) in [5.74, 6) is 0.0471. The molecule has 7 heteroatoms. The second-order valence-corrected chi connectivity index (χ2v) is 8.80. The summed E-state index contributed by atoms with van der Waals surface area (Å²) in [7, 11) is 3.21. The molecule has 180 valence electrons. The molecule has 0 bridgehead atoms. The number of nitrogens with zero attached hydrogens (tertiary/aromatic N) is 2. The molecule has 2 aliphatic rings. The number of imide groups is 1. The first-order valence-corrected chi connectivity index (χ1v) is 11.7. The standard InChI is InChI=1S/C29H24N2O5/c1-34-21-14-10-19(11-15-21)26-25-27(36-31(26)20-12-16-22(35-2)17-13-20)29(33)30(28(25)32)24-9-5-7-18-6-3-4-8-23(18)24/h3-17,25-27H,1-2H3/t25-,26-,27-/m0/s1. The molecule has 7 nitrogen and oxygen atoms in total. The van der Waals surface area contributed by atoms with Crippen molar-refractivity contribution in [2.45, 2.75) is 12.1 Å². The molecule has 2 heterocycles. The van der Waals surface area contributed by atoms with Gasteiger partial charge in [-0.05, 0) is 53.4 Å². The highest BCUT2D eigenvalue weighted by Crippen LogP contribution is 2.48. The van der Waals surface area contributed by atoms with Crippen LogP contribution in [0.1, 0.15) is 11.6 Å². The minimum Gasteiger partial charge on any atom is -0.497 e. The zero-order chi connectivity index (χ0) is 24.8. The SMILES string of the molecule is COc1ccc([C@H]2[C@@H]3C(=O)N(c4cccc5ccccc45)C(=O)[C@H]3ON2c2ccc(OC)cc2)cc1.